The molecule has 7 nitrogen and oxygen atoms in total. The number of halogens is 3. The number of ether oxygens (including phenoxy) is 1. The maximum Gasteiger partial charge on any atom is 0.323 e. The second-order valence-electron chi connectivity index (χ2n) is 8.60. The van der Waals surface area contributed by atoms with E-state index in [0.717, 1.165) is 57.5 Å². The Hall–Kier alpha value is -2.91. The number of urea groups is 1. The van der Waals surface area contributed by atoms with Crippen LogP contribution in [0.2, 0.25) is 5.02 Å². The molecule has 0 unspecified atom stereocenters. The number of aromatic nitrogens is 2. The molecule has 4 heterocycles. The molecule has 0 aliphatic carbocycles. The lowest BCUT2D eigenvalue weighted by Crippen LogP contribution is -2.48. The summed E-state index contributed by atoms with van der Waals surface area (Å²) in [6.45, 7) is 2.47. The van der Waals surface area contributed by atoms with E-state index in [-0.39, 0.29) is 5.60 Å². The van der Waals surface area contributed by atoms with Crippen molar-refractivity contribution in [3.8, 4) is 0 Å². The summed E-state index contributed by atoms with van der Waals surface area (Å²) in [5, 5.41) is 6.10. The van der Waals surface area contributed by atoms with E-state index < -0.39 is 17.7 Å². The highest BCUT2D eigenvalue weighted by Gasteiger charge is 2.37. The number of carbonyl (C=O) groups excluding carboxylic acids is 1. The van der Waals surface area contributed by atoms with Crippen molar-refractivity contribution in [2.45, 2.75) is 37.7 Å². The number of benzene rings is 1. The normalized spacial score (nSPS) is 18.0. The van der Waals surface area contributed by atoms with Gasteiger partial charge in [-0.1, -0.05) is 11.6 Å². The van der Waals surface area contributed by atoms with Crippen molar-refractivity contribution in [3.05, 3.63) is 47.2 Å². The van der Waals surface area contributed by atoms with Crippen LogP contribution >= 0.6 is 11.6 Å². The van der Waals surface area contributed by atoms with Gasteiger partial charge in [-0.3, -0.25) is 0 Å². The van der Waals surface area contributed by atoms with Crippen molar-refractivity contribution >= 4 is 45.7 Å². The molecular formula is C23H24ClF2N5O2. The number of amides is 2. The Morgan fingerprint density at radius 3 is 2.64 bits per heavy atom. The zero-order valence-electron chi connectivity index (χ0n) is 17.9. The number of fused-ring (bicyclic) bond motifs is 1. The largest absolute Gasteiger partial charge is 0.375 e. The highest BCUT2D eigenvalue weighted by Crippen LogP contribution is 2.37. The molecule has 1 aromatic carbocycles. The predicted molar refractivity (Wildman–Crippen MR) is 124 cm³/mol. The molecule has 5 rings (SSSR count). The maximum absolute atomic E-state index is 13.6. The Morgan fingerprint density at radius 1 is 1.12 bits per heavy atom. The first-order valence-corrected chi connectivity index (χ1v) is 11.4. The average molecular weight is 476 g/mol. The molecule has 33 heavy (non-hydrogen) atoms. The molecule has 3 N–H and O–H groups in total. The summed E-state index contributed by atoms with van der Waals surface area (Å²) in [5.74, 6) is -1.27. The number of rotatable bonds is 3. The van der Waals surface area contributed by atoms with Gasteiger partial charge < -0.3 is 25.3 Å². The zero-order valence-corrected chi connectivity index (χ0v) is 18.6. The minimum absolute atomic E-state index is 0.00209. The minimum atomic E-state index is -0.990. The van der Waals surface area contributed by atoms with E-state index in [1.165, 1.54) is 12.6 Å². The van der Waals surface area contributed by atoms with Crippen LogP contribution in [0, 0.1) is 11.6 Å². The second kappa shape index (κ2) is 8.79. The summed E-state index contributed by atoms with van der Waals surface area (Å²) in [5.41, 5.74) is 1.12. The van der Waals surface area contributed by atoms with Crippen LogP contribution in [-0.2, 0) is 4.74 Å². The predicted octanol–water partition coefficient (Wildman–Crippen LogP) is 5.68. The highest BCUT2D eigenvalue weighted by molar-refractivity contribution is 6.33. The Balaban J connectivity index is 1.23. The molecular weight excluding hydrogens is 452 g/mol. The number of hydrogen-bond donors (Lipinski definition) is 3. The van der Waals surface area contributed by atoms with Gasteiger partial charge in [-0.2, -0.15) is 0 Å². The van der Waals surface area contributed by atoms with E-state index in [4.69, 9.17) is 16.3 Å². The third-order valence-corrected chi connectivity index (χ3v) is 6.74. The van der Waals surface area contributed by atoms with E-state index in [1.54, 1.807) is 12.3 Å². The molecule has 2 aromatic heterocycles. The standard InChI is InChI=1S/C23H24ClF2N5O2/c24-16-9-14(12-28-21(16)31-6-4-23(5-7-31)3-1-2-8-33-23)29-22(32)30-20-13-27-19-11-18(26)17(25)10-15(19)20/h9-13,27H,1-8H2,(H2,29,30,32). The van der Waals surface area contributed by atoms with Crippen molar-refractivity contribution in [1.29, 1.82) is 0 Å². The highest BCUT2D eigenvalue weighted by atomic mass is 35.5. The molecule has 0 bridgehead atoms. The Labute approximate surface area is 194 Å². The van der Waals surface area contributed by atoms with E-state index in [9.17, 15) is 13.6 Å². The van der Waals surface area contributed by atoms with Gasteiger partial charge in [0.1, 0.15) is 5.82 Å². The first-order valence-electron chi connectivity index (χ1n) is 11.0. The number of carbonyl (C=O) groups is 1. The van der Waals surface area contributed by atoms with Crippen LogP contribution in [0.5, 0.6) is 0 Å². The molecule has 174 valence electrons. The van der Waals surface area contributed by atoms with E-state index in [1.807, 2.05) is 0 Å². The van der Waals surface area contributed by atoms with Crippen LogP contribution in [0.3, 0.4) is 0 Å². The summed E-state index contributed by atoms with van der Waals surface area (Å²) < 4.78 is 33.1. The number of pyridine rings is 1. The zero-order chi connectivity index (χ0) is 23.0. The molecule has 10 heteroatoms. The van der Waals surface area contributed by atoms with E-state index in [0.29, 0.717) is 33.1 Å². The molecule has 1 spiro atoms. The molecule has 2 aliphatic rings. The van der Waals surface area contributed by atoms with E-state index >= 15 is 0 Å². The third kappa shape index (κ3) is 4.47. The molecule has 0 saturated carbocycles. The quantitative estimate of drug-likeness (QED) is 0.455. The summed E-state index contributed by atoms with van der Waals surface area (Å²) in [6, 6.07) is 3.17. The Kier molecular flexibility index (Phi) is 5.84. The van der Waals surface area contributed by atoms with Gasteiger partial charge >= 0.3 is 6.03 Å². The third-order valence-electron chi connectivity index (χ3n) is 6.46. The smallest absolute Gasteiger partial charge is 0.323 e. The van der Waals surface area contributed by atoms with Gasteiger partial charge in [0.05, 0.1) is 33.7 Å². The van der Waals surface area contributed by atoms with E-state index in [2.05, 4.69) is 25.5 Å². The van der Waals surface area contributed by atoms with Gasteiger partial charge in [0.15, 0.2) is 11.6 Å². The first kappa shape index (κ1) is 21.9. The van der Waals surface area contributed by atoms with Crippen LogP contribution < -0.4 is 15.5 Å². The lowest BCUT2D eigenvalue weighted by molar-refractivity contribution is -0.0921. The maximum atomic E-state index is 13.6. The fourth-order valence-electron chi connectivity index (χ4n) is 4.67. The summed E-state index contributed by atoms with van der Waals surface area (Å²) in [6.07, 6.45) is 8.37. The molecule has 0 atom stereocenters. The molecule has 2 amide bonds. The summed E-state index contributed by atoms with van der Waals surface area (Å²) in [4.78, 5) is 21.9. The van der Waals surface area contributed by atoms with Crippen molar-refractivity contribution in [1.82, 2.24) is 9.97 Å². The van der Waals surface area contributed by atoms with Gasteiger partial charge in [-0.05, 0) is 44.2 Å². The van der Waals surface area contributed by atoms with Crippen molar-refractivity contribution < 1.29 is 18.3 Å². The number of piperidine rings is 1. The molecule has 2 saturated heterocycles. The van der Waals surface area contributed by atoms with Crippen LogP contribution in [0.15, 0.2) is 30.6 Å². The van der Waals surface area contributed by atoms with Crippen molar-refractivity contribution in [2.24, 2.45) is 0 Å². The number of aromatic amines is 1. The lowest BCUT2D eigenvalue weighted by atomic mass is 9.84. The van der Waals surface area contributed by atoms with Gasteiger partial charge in [0.2, 0.25) is 0 Å². The van der Waals surface area contributed by atoms with Crippen LogP contribution in [0.1, 0.15) is 32.1 Å². The lowest BCUT2D eigenvalue weighted by Gasteiger charge is -2.44. The van der Waals surface area contributed by atoms with Crippen LogP contribution in [0.4, 0.5) is 30.8 Å². The molecule has 2 fully saturated rings. The molecule has 0 radical (unpaired) electrons. The molecule has 2 aliphatic heterocycles. The molecule has 3 aromatic rings. The number of H-pyrrole nitrogens is 1. The van der Waals surface area contributed by atoms with Gasteiger partial charge in [0.25, 0.3) is 0 Å². The average Bonchev–Trinajstić information content (AvgIpc) is 3.17. The SMILES string of the molecule is O=C(Nc1cnc(N2CCC3(CCCCO3)CC2)c(Cl)c1)Nc1c[nH]c2cc(F)c(F)cc12. The number of hydrogen-bond acceptors (Lipinski definition) is 4. The number of nitrogens with zero attached hydrogens (tertiary/aromatic N) is 2. The summed E-state index contributed by atoms with van der Waals surface area (Å²) >= 11 is 6.49. The fraction of sp³-hybridized carbons (Fsp3) is 0.391. The number of anilines is 3. The van der Waals surface area contributed by atoms with Crippen molar-refractivity contribution in [2.75, 3.05) is 35.2 Å². The topological polar surface area (TPSA) is 82.3 Å². The Morgan fingerprint density at radius 2 is 1.91 bits per heavy atom. The Bertz CT molecular complexity index is 1190. The number of nitrogens with one attached hydrogen (secondary N) is 3. The van der Waals surface area contributed by atoms with Gasteiger partial charge in [-0.15, -0.1) is 0 Å². The fourth-order valence-corrected chi connectivity index (χ4v) is 4.95. The van der Waals surface area contributed by atoms with Gasteiger partial charge in [0, 0.05) is 37.3 Å². The van der Waals surface area contributed by atoms with Crippen LogP contribution in [0.25, 0.3) is 10.9 Å². The summed E-state index contributed by atoms with van der Waals surface area (Å²) in [7, 11) is 0. The second-order valence-corrected chi connectivity index (χ2v) is 9.01. The van der Waals surface area contributed by atoms with Crippen LogP contribution in [-0.4, -0.2) is 41.3 Å². The van der Waals surface area contributed by atoms with Crippen molar-refractivity contribution in [3.63, 3.8) is 0 Å². The monoisotopic (exact) mass is 475 g/mol. The first-order chi connectivity index (χ1) is 15.9. The van der Waals surface area contributed by atoms with Gasteiger partial charge in [-0.25, -0.2) is 18.6 Å². The minimum Gasteiger partial charge on any atom is -0.375 e.